The van der Waals surface area contributed by atoms with E-state index in [0.29, 0.717) is 5.56 Å². The minimum Gasteiger partial charge on any atom is -0.502 e. The van der Waals surface area contributed by atoms with E-state index in [1.165, 1.54) is 33.3 Å². The Balaban J connectivity index is 2.46. The maximum absolute atomic E-state index is 11.6. The molecule has 0 amide bonds. The second kappa shape index (κ2) is 5.40. The molecule has 6 heteroatoms. The van der Waals surface area contributed by atoms with E-state index in [-0.39, 0.29) is 29.5 Å². The van der Waals surface area contributed by atoms with Crippen molar-refractivity contribution in [1.82, 2.24) is 0 Å². The van der Waals surface area contributed by atoms with Crippen molar-refractivity contribution in [3.63, 3.8) is 0 Å². The molecular weight excluding hydrogens is 264 g/mol. The van der Waals surface area contributed by atoms with Crippen molar-refractivity contribution in [2.24, 2.45) is 5.92 Å². The van der Waals surface area contributed by atoms with Crippen LogP contribution in [0.3, 0.4) is 0 Å². The van der Waals surface area contributed by atoms with Crippen molar-refractivity contribution < 1.29 is 28.9 Å². The summed E-state index contributed by atoms with van der Waals surface area (Å²) in [7, 11) is 2.81. The molecule has 1 aliphatic heterocycles. The Labute approximate surface area is 116 Å². The Kier molecular flexibility index (Phi) is 3.83. The third-order valence-corrected chi connectivity index (χ3v) is 3.36. The summed E-state index contributed by atoms with van der Waals surface area (Å²) in [6, 6.07) is 3.08. The van der Waals surface area contributed by atoms with Crippen molar-refractivity contribution in [2.75, 3.05) is 14.2 Å². The van der Waals surface area contributed by atoms with Gasteiger partial charge < -0.3 is 19.3 Å². The van der Waals surface area contributed by atoms with Gasteiger partial charge in [-0.1, -0.05) is 0 Å². The number of ether oxygens (including phenoxy) is 3. The summed E-state index contributed by atoms with van der Waals surface area (Å²) in [4.78, 5) is 23.0. The second-order valence-electron chi connectivity index (χ2n) is 4.61. The third kappa shape index (κ3) is 2.41. The van der Waals surface area contributed by atoms with Gasteiger partial charge in [0, 0.05) is 5.56 Å². The normalized spacial score (nSPS) is 21.4. The lowest BCUT2D eigenvalue weighted by molar-refractivity contribution is -0.141. The lowest BCUT2D eigenvalue weighted by Gasteiger charge is -2.18. The summed E-state index contributed by atoms with van der Waals surface area (Å²) in [5.74, 6) is -0.800. The number of carbonyl (C=O) groups excluding carboxylic acids is 2. The van der Waals surface area contributed by atoms with Gasteiger partial charge in [-0.15, -0.1) is 0 Å². The predicted molar refractivity (Wildman–Crippen MR) is 68.8 cm³/mol. The summed E-state index contributed by atoms with van der Waals surface area (Å²) in [5.41, 5.74) is 0.558. The Morgan fingerprint density at radius 2 is 1.85 bits per heavy atom. The Morgan fingerprint density at radius 1 is 1.30 bits per heavy atom. The first kappa shape index (κ1) is 14.2. The van der Waals surface area contributed by atoms with Gasteiger partial charge in [0.1, 0.15) is 11.9 Å². The largest absolute Gasteiger partial charge is 0.502 e. The van der Waals surface area contributed by atoms with Crippen LogP contribution >= 0.6 is 0 Å². The number of hydrogen-bond acceptors (Lipinski definition) is 6. The standard InChI is InChI=1S/C14H16O6/c1-7(15)9-6-12(16)20-14(9)8-4-10(18-2)13(17)11(5-8)19-3/h4-5,9,14,17H,6H2,1-3H3. The average Bonchev–Trinajstić information content (AvgIpc) is 2.81. The first-order valence-corrected chi connectivity index (χ1v) is 6.12. The number of hydrogen-bond donors (Lipinski definition) is 1. The van der Waals surface area contributed by atoms with Crippen LogP contribution in [0.25, 0.3) is 0 Å². The molecule has 108 valence electrons. The lowest BCUT2D eigenvalue weighted by Crippen LogP contribution is -2.15. The highest BCUT2D eigenvalue weighted by molar-refractivity contribution is 5.87. The smallest absolute Gasteiger partial charge is 0.307 e. The van der Waals surface area contributed by atoms with E-state index in [4.69, 9.17) is 14.2 Å². The van der Waals surface area contributed by atoms with Gasteiger partial charge in [-0.3, -0.25) is 9.59 Å². The maximum atomic E-state index is 11.6. The quantitative estimate of drug-likeness (QED) is 0.844. The Bertz CT molecular complexity index is 526. The van der Waals surface area contributed by atoms with Crippen molar-refractivity contribution in [3.8, 4) is 17.2 Å². The molecule has 6 nitrogen and oxygen atoms in total. The fourth-order valence-electron chi connectivity index (χ4n) is 2.29. The third-order valence-electron chi connectivity index (χ3n) is 3.36. The summed E-state index contributed by atoms with van der Waals surface area (Å²) < 4.78 is 15.3. The number of esters is 1. The van der Waals surface area contributed by atoms with Gasteiger partial charge in [0.2, 0.25) is 5.75 Å². The van der Waals surface area contributed by atoms with Crippen LogP contribution < -0.4 is 9.47 Å². The van der Waals surface area contributed by atoms with Crippen LogP contribution in [0.1, 0.15) is 25.0 Å². The van der Waals surface area contributed by atoms with Gasteiger partial charge in [-0.2, -0.15) is 0 Å². The van der Waals surface area contributed by atoms with E-state index in [1.54, 1.807) is 0 Å². The van der Waals surface area contributed by atoms with E-state index in [9.17, 15) is 14.7 Å². The Hall–Kier alpha value is -2.24. The maximum Gasteiger partial charge on any atom is 0.307 e. The van der Waals surface area contributed by atoms with Crippen molar-refractivity contribution in [1.29, 1.82) is 0 Å². The molecule has 0 saturated carbocycles. The number of ketones is 1. The number of rotatable bonds is 4. The molecule has 2 atom stereocenters. The summed E-state index contributed by atoms with van der Waals surface area (Å²) in [6.07, 6.45) is -0.616. The summed E-state index contributed by atoms with van der Waals surface area (Å²) >= 11 is 0. The zero-order chi connectivity index (χ0) is 14.9. The zero-order valence-corrected chi connectivity index (χ0v) is 11.5. The highest BCUT2D eigenvalue weighted by Gasteiger charge is 2.39. The highest BCUT2D eigenvalue weighted by atomic mass is 16.6. The number of benzene rings is 1. The van der Waals surface area contributed by atoms with Crippen LogP contribution in [-0.2, 0) is 14.3 Å². The van der Waals surface area contributed by atoms with Crippen LogP contribution in [0.5, 0.6) is 17.2 Å². The summed E-state index contributed by atoms with van der Waals surface area (Å²) in [5, 5.41) is 9.86. The lowest BCUT2D eigenvalue weighted by atomic mass is 9.92. The van der Waals surface area contributed by atoms with Gasteiger partial charge in [0.25, 0.3) is 0 Å². The van der Waals surface area contributed by atoms with Crippen LogP contribution in [-0.4, -0.2) is 31.1 Å². The molecule has 1 aliphatic rings. The van der Waals surface area contributed by atoms with E-state index in [1.807, 2.05) is 0 Å². The molecule has 0 bridgehead atoms. The number of phenolic OH excluding ortho intramolecular Hbond substituents is 1. The number of phenols is 1. The number of aromatic hydroxyl groups is 1. The van der Waals surface area contributed by atoms with Crippen molar-refractivity contribution in [2.45, 2.75) is 19.4 Å². The first-order chi connectivity index (χ1) is 9.47. The van der Waals surface area contributed by atoms with Crippen LogP contribution in [0.4, 0.5) is 0 Å². The van der Waals surface area contributed by atoms with E-state index >= 15 is 0 Å². The fraction of sp³-hybridized carbons (Fsp3) is 0.429. The van der Waals surface area contributed by atoms with E-state index < -0.39 is 18.0 Å². The topological polar surface area (TPSA) is 82.1 Å². The molecule has 1 aromatic carbocycles. The molecule has 0 aromatic heterocycles. The van der Waals surface area contributed by atoms with Crippen LogP contribution in [0.15, 0.2) is 12.1 Å². The van der Waals surface area contributed by atoms with Crippen LogP contribution in [0, 0.1) is 5.92 Å². The molecule has 0 aliphatic carbocycles. The first-order valence-electron chi connectivity index (χ1n) is 6.12. The molecule has 1 saturated heterocycles. The molecule has 1 fully saturated rings. The van der Waals surface area contributed by atoms with E-state index in [0.717, 1.165) is 0 Å². The monoisotopic (exact) mass is 280 g/mol. The fourth-order valence-corrected chi connectivity index (χ4v) is 2.29. The van der Waals surface area contributed by atoms with Gasteiger partial charge in [0.15, 0.2) is 11.5 Å². The van der Waals surface area contributed by atoms with Crippen molar-refractivity contribution >= 4 is 11.8 Å². The van der Waals surface area contributed by atoms with E-state index in [2.05, 4.69) is 0 Å². The number of carbonyl (C=O) groups is 2. The second-order valence-corrected chi connectivity index (χ2v) is 4.61. The minimum absolute atomic E-state index is 0.0610. The summed E-state index contributed by atoms with van der Waals surface area (Å²) in [6.45, 7) is 1.43. The van der Waals surface area contributed by atoms with Gasteiger partial charge >= 0.3 is 5.97 Å². The number of Topliss-reactive ketones (excluding diaryl/α,β-unsaturated/α-hetero) is 1. The van der Waals surface area contributed by atoms with Crippen LogP contribution in [0.2, 0.25) is 0 Å². The molecule has 2 unspecified atom stereocenters. The minimum atomic E-state index is -0.677. The van der Waals surface area contributed by atoms with Gasteiger partial charge in [0.05, 0.1) is 26.6 Å². The highest BCUT2D eigenvalue weighted by Crippen LogP contribution is 2.43. The molecule has 1 heterocycles. The zero-order valence-electron chi connectivity index (χ0n) is 11.5. The van der Waals surface area contributed by atoms with Gasteiger partial charge in [-0.25, -0.2) is 0 Å². The molecule has 2 rings (SSSR count). The van der Waals surface area contributed by atoms with Gasteiger partial charge in [-0.05, 0) is 19.1 Å². The average molecular weight is 280 g/mol. The number of cyclic esters (lactones) is 1. The van der Waals surface area contributed by atoms with Crippen molar-refractivity contribution in [3.05, 3.63) is 17.7 Å². The molecule has 1 aromatic rings. The SMILES string of the molecule is COc1cc(C2OC(=O)CC2C(C)=O)cc(OC)c1O. The molecular formula is C14H16O6. The molecule has 0 spiro atoms. The number of methoxy groups -OCH3 is 2. The molecule has 1 N–H and O–H groups in total. The predicted octanol–water partition coefficient (Wildman–Crippen LogP) is 1.60. The molecule has 0 radical (unpaired) electrons. The molecule has 20 heavy (non-hydrogen) atoms. The Morgan fingerprint density at radius 3 is 2.30 bits per heavy atom.